The van der Waals surface area contributed by atoms with Crippen LogP contribution in [-0.2, 0) is 0 Å². The first kappa shape index (κ1) is 25.7. The maximum atomic E-state index is 13.2. The largest absolute Gasteiger partial charge is 0.460 e. The van der Waals surface area contributed by atoms with E-state index in [4.69, 9.17) is 0 Å². The molecule has 0 N–H and O–H groups in total. The first-order valence-electron chi connectivity index (χ1n) is 5.89. The molecule has 1 atom stereocenters. The molecule has 26 heavy (non-hydrogen) atoms. The smallest absolute Gasteiger partial charge is 0.200 e. The Morgan fingerprint density at radius 3 is 1.08 bits per heavy atom. The van der Waals surface area contributed by atoms with Gasteiger partial charge in [0, 0.05) is 10.3 Å². The summed E-state index contributed by atoms with van der Waals surface area (Å²) in [6.45, 7) is 0.688. The van der Waals surface area contributed by atoms with E-state index in [0.29, 0.717) is 6.92 Å². The molecule has 0 heterocycles. The molecule has 0 aliphatic rings. The molecule has 0 saturated heterocycles. The highest BCUT2D eigenvalue weighted by Crippen LogP contribution is 2.62. The molecular weight excluding hydrogens is 532 g/mol. The molecule has 0 radical (unpaired) electrons. The van der Waals surface area contributed by atoms with Gasteiger partial charge in [0.25, 0.3) is 0 Å². The number of hydrogen-bond acceptors (Lipinski definition) is 0. The van der Waals surface area contributed by atoms with E-state index in [1.807, 2.05) is 0 Å². The van der Waals surface area contributed by atoms with Crippen LogP contribution in [0.25, 0.3) is 0 Å². The van der Waals surface area contributed by atoms with Crippen LogP contribution < -0.4 is 0 Å². The third-order valence-corrected chi connectivity index (χ3v) is 3.37. The predicted molar refractivity (Wildman–Crippen MR) is 63.8 cm³/mol. The molecule has 0 aromatic rings. The first-order valence-corrected chi connectivity index (χ1v) is 7.14. The van der Waals surface area contributed by atoms with Gasteiger partial charge in [-0.25, -0.2) is 0 Å². The number of alkyl halides is 16. The Balaban J connectivity index is 6.42. The molecule has 158 valence electrons. The van der Waals surface area contributed by atoms with E-state index in [1.165, 1.54) is 0 Å². The SMILES string of the molecule is C[C@H](I)CC(F)(F)C(F)(F)C(F)(F)C(F)(F)C(F)(F)C(F)(F)C(F)(F)F. The maximum Gasteiger partial charge on any atom is 0.460 e. The zero-order chi connectivity index (χ0) is 21.8. The summed E-state index contributed by atoms with van der Waals surface area (Å²) in [7, 11) is 0. The topological polar surface area (TPSA) is 0 Å². The van der Waals surface area contributed by atoms with Gasteiger partial charge >= 0.3 is 41.7 Å². The normalized spacial score (nSPS) is 17.4. The van der Waals surface area contributed by atoms with Gasteiger partial charge in [-0.1, -0.05) is 29.5 Å². The molecule has 0 rings (SSSR count). The van der Waals surface area contributed by atoms with Gasteiger partial charge in [0.2, 0.25) is 0 Å². The van der Waals surface area contributed by atoms with Crippen molar-refractivity contribution < 1.29 is 65.9 Å². The van der Waals surface area contributed by atoms with Crippen LogP contribution in [0.15, 0.2) is 0 Å². The van der Waals surface area contributed by atoms with Crippen LogP contribution >= 0.6 is 22.6 Å². The molecule has 0 aromatic heterocycles. The second kappa shape index (κ2) is 6.63. The van der Waals surface area contributed by atoms with Gasteiger partial charge in [0.1, 0.15) is 0 Å². The standard InChI is InChI=1S/C10H6F15I/c1-3(26)2-4(11,12)5(13,14)6(15,16)7(17,18)8(19,20)9(21,22)10(23,24)25/h3H,2H2,1H3/t3-/m0/s1. The van der Waals surface area contributed by atoms with Crippen molar-refractivity contribution in [3.63, 3.8) is 0 Å². The first-order chi connectivity index (χ1) is 10.9. The van der Waals surface area contributed by atoms with Gasteiger partial charge in [0.15, 0.2) is 0 Å². The van der Waals surface area contributed by atoms with Gasteiger partial charge < -0.3 is 0 Å². The van der Waals surface area contributed by atoms with Crippen LogP contribution in [0.3, 0.4) is 0 Å². The fourth-order valence-electron chi connectivity index (χ4n) is 1.48. The summed E-state index contributed by atoms with van der Waals surface area (Å²) in [5, 5.41) is 0. The Bertz CT molecular complexity index is 503. The van der Waals surface area contributed by atoms with Crippen molar-refractivity contribution in [1.82, 2.24) is 0 Å². The molecule has 0 fully saturated rings. The molecular formula is C10H6F15I. The van der Waals surface area contributed by atoms with Gasteiger partial charge in [0.05, 0.1) is 0 Å². The second-order valence-electron chi connectivity index (χ2n) is 5.06. The Morgan fingerprint density at radius 2 is 0.808 bits per heavy atom. The lowest BCUT2D eigenvalue weighted by atomic mass is 9.90. The molecule has 16 heteroatoms. The Kier molecular flexibility index (Phi) is 6.55. The number of halogens is 16. The van der Waals surface area contributed by atoms with Crippen LogP contribution in [0.1, 0.15) is 13.3 Å². The summed E-state index contributed by atoms with van der Waals surface area (Å²) >= 11 is 0.934. The summed E-state index contributed by atoms with van der Waals surface area (Å²) in [5.74, 6) is -45.8. The predicted octanol–water partition coefficient (Wildman–Crippen LogP) is 6.57. The van der Waals surface area contributed by atoms with E-state index in [1.54, 1.807) is 0 Å². The monoisotopic (exact) mass is 538 g/mol. The van der Waals surface area contributed by atoms with Crippen molar-refractivity contribution in [2.24, 2.45) is 0 Å². The molecule has 0 aliphatic heterocycles. The third kappa shape index (κ3) is 3.54. The minimum Gasteiger partial charge on any atom is -0.200 e. The quantitative estimate of drug-likeness (QED) is 0.196. The molecule has 0 nitrogen and oxygen atoms in total. The fourth-order valence-corrected chi connectivity index (χ4v) is 2.03. The minimum atomic E-state index is -8.21. The van der Waals surface area contributed by atoms with Gasteiger partial charge in [-0.15, -0.1) is 0 Å². The highest BCUT2D eigenvalue weighted by molar-refractivity contribution is 14.1. The van der Waals surface area contributed by atoms with E-state index in [0.717, 1.165) is 22.6 Å². The Morgan fingerprint density at radius 1 is 0.538 bits per heavy atom. The highest BCUT2D eigenvalue weighted by Gasteiger charge is 2.93. The summed E-state index contributed by atoms with van der Waals surface area (Å²) in [5.41, 5.74) is 0. The van der Waals surface area contributed by atoms with Crippen molar-refractivity contribution in [3.05, 3.63) is 0 Å². The zero-order valence-corrected chi connectivity index (χ0v) is 14.0. The number of rotatable bonds is 7. The van der Waals surface area contributed by atoms with Crippen molar-refractivity contribution >= 4 is 22.6 Å². The van der Waals surface area contributed by atoms with Crippen LogP contribution in [0.4, 0.5) is 65.9 Å². The molecule has 0 spiro atoms. The molecule has 0 saturated carbocycles. The van der Waals surface area contributed by atoms with Gasteiger partial charge in [-0.05, 0) is 0 Å². The average Bonchev–Trinajstić information content (AvgIpc) is 2.34. The van der Waals surface area contributed by atoms with E-state index in [-0.39, 0.29) is 0 Å². The minimum absolute atomic E-state index is 0.688. The highest BCUT2D eigenvalue weighted by atomic mass is 127. The van der Waals surface area contributed by atoms with Crippen LogP contribution in [0.5, 0.6) is 0 Å². The average molecular weight is 538 g/mol. The van der Waals surface area contributed by atoms with E-state index >= 15 is 0 Å². The van der Waals surface area contributed by atoms with Crippen molar-refractivity contribution in [2.75, 3.05) is 0 Å². The van der Waals surface area contributed by atoms with Gasteiger partial charge in [-0.3, -0.25) is 0 Å². The zero-order valence-electron chi connectivity index (χ0n) is 11.8. The Labute approximate surface area is 148 Å². The fraction of sp³-hybridized carbons (Fsp3) is 1.00. The summed E-state index contributed by atoms with van der Waals surface area (Å²) in [6.07, 6.45) is -9.88. The van der Waals surface area contributed by atoms with E-state index < -0.39 is 52.1 Å². The molecule has 0 unspecified atom stereocenters. The molecule has 0 aromatic carbocycles. The van der Waals surface area contributed by atoms with Crippen LogP contribution in [0, 0.1) is 0 Å². The molecule has 0 aliphatic carbocycles. The lowest BCUT2D eigenvalue weighted by molar-refractivity contribution is -0.452. The van der Waals surface area contributed by atoms with Crippen molar-refractivity contribution in [2.45, 2.75) is 59.0 Å². The van der Waals surface area contributed by atoms with Gasteiger partial charge in [-0.2, -0.15) is 65.9 Å². The maximum absolute atomic E-state index is 13.2. The van der Waals surface area contributed by atoms with Crippen molar-refractivity contribution in [3.8, 4) is 0 Å². The third-order valence-electron chi connectivity index (χ3n) is 2.93. The van der Waals surface area contributed by atoms with E-state index in [2.05, 4.69) is 0 Å². The summed E-state index contributed by atoms with van der Waals surface area (Å²) < 4.78 is 190. The molecule has 0 amide bonds. The summed E-state index contributed by atoms with van der Waals surface area (Å²) in [6, 6.07) is 0. The van der Waals surface area contributed by atoms with Crippen LogP contribution in [-0.4, -0.2) is 45.6 Å². The number of hydrogen-bond donors (Lipinski definition) is 0. The lowest BCUT2D eigenvalue weighted by Gasteiger charge is -2.41. The summed E-state index contributed by atoms with van der Waals surface area (Å²) in [4.78, 5) is 0. The Hall–Kier alpha value is -0.320. The van der Waals surface area contributed by atoms with Crippen LogP contribution in [0.2, 0.25) is 0 Å². The second-order valence-corrected chi connectivity index (χ2v) is 7.19. The lowest BCUT2D eigenvalue weighted by Crippen LogP contribution is -2.72. The van der Waals surface area contributed by atoms with Crippen molar-refractivity contribution in [1.29, 1.82) is 0 Å². The van der Waals surface area contributed by atoms with E-state index in [9.17, 15) is 65.9 Å². The molecule has 0 bridgehead atoms.